The molecular weight excluding hydrogens is 296 g/mol. The van der Waals surface area contributed by atoms with Gasteiger partial charge in [0.25, 0.3) is 0 Å². The van der Waals surface area contributed by atoms with Gasteiger partial charge < -0.3 is 10.1 Å². The minimum absolute atomic E-state index is 0.0691. The van der Waals surface area contributed by atoms with Crippen molar-refractivity contribution in [3.8, 4) is 0 Å². The molecule has 0 saturated heterocycles. The number of ether oxygens (including phenoxy) is 1. The van der Waals surface area contributed by atoms with E-state index in [-0.39, 0.29) is 6.04 Å². The summed E-state index contributed by atoms with van der Waals surface area (Å²) in [7, 11) is 0. The fourth-order valence-electron chi connectivity index (χ4n) is 1.65. The number of thiazole rings is 1. The molecule has 1 N–H and O–H groups in total. The summed E-state index contributed by atoms with van der Waals surface area (Å²) in [6, 6.07) is 1.77. The Morgan fingerprint density at radius 2 is 2.25 bits per heavy atom. The third-order valence-corrected chi connectivity index (χ3v) is 3.84. The van der Waals surface area contributed by atoms with Crippen molar-refractivity contribution in [1.29, 1.82) is 0 Å². The zero-order chi connectivity index (χ0) is 14.5. The van der Waals surface area contributed by atoms with Crippen molar-refractivity contribution in [3.63, 3.8) is 0 Å². The van der Waals surface area contributed by atoms with Crippen molar-refractivity contribution in [2.45, 2.75) is 33.4 Å². The predicted octanol–water partition coefficient (Wildman–Crippen LogP) is 3.60. The minimum atomic E-state index is 0.0691. The molecule has 20 heavy (non-hydrogen) atoms. The Kier molecular flexibility index (Phi) is 5.28. The summed E-state index contributed by atoms with van der Waals surface area (Å²) < 4.78 is 5.30. The van der Waals surface area contributed by atoms with Crippen molar-refractivity contribution in [3.05, 3.63) is 33.1 Å². The normalized spacial score (nSPS) is 12.4. The standard InChI is InChI=1S/C13H17ClN4OS/c1-4-19-7-12-17-10(14)5-11(18-12)16-9(3)13-15-6-8(2)20-13/h5-6,9H,4,7H2,1-3H3,(H,16,17,18). The van der Waals surface area contributed by atoms with Crippen LogP contribution in [0.3, 0.4) is 0 Å². The molecule has 0 radical (unpaired) electrons. The molecule has 0 aliphatic heterocycles. The Bertz CT molecular complexity index is 575. The highest BCUT2D eigenvalue weighted by Crippen LogP contribution is 2.23. The minimum Gasteiger partial charge on any atom is -0.374 e. The van der Waals surface area contributed by atoms with E-state index in [0.29, 0.717) is 30.0 Å². The SMILES string of the molecule is CCOCc1nc(Cl)cc(NC(C)c2ncc(C)s2)n1. The molecule has 5 nitrogen and oxygen atoms in total. The second-order valence-corrected chi connectivity index (χ2v) is 5.96. The largest absolute Gasteiger partial charge is 0.374 e. The van der Waals surface area contributed by atoms with E-state index >= 15 is 0 Å². The summed E-state index contributed by atoms with van der Waals surface area (Å²) in [5.41, 5.74) is 0. The average Bonchev–Trinajstić information content (AvgIpc) is 2.82. The highest BCUT2D eigenvalue weighted by molar-refractivity contribution is 7.11. The predicted molar refractivity (Wildman–Crippen MR) is 81.3 cm³/mol. The van der Waals surface area contributed by atoms with E-state index in [2.05, 4.69) is 20.3 Å². The molecule has 0 aliphatic carbocycles. The maximum Gasteiger partial charge on any atom is 0.158 e. The molecule has 2 heterocycles. The van der Waals surface area contributed by atoms with Gasteiger partial charge in [0.2, 0.25) is 0 Å². The van der Waals surface area contributed by atoms with Crippen LogP contribution in [0.15, 0.2) is 12.3 Å². The lowest BCUT2D eigenvalue weighted by Gasteiger charge is -2.13. The number of nitrogens with zero attached hydrogens (tertiary/aromatic N) is 3. The Morgan fingerprint density at radius 3 is 2.90 bits per heavy atom. The van der Waals surface area contributed by atoms with Crippen molar-refractivity contribution in [2.75, 3.05) is 11.9 Å². The number of anilines is 1. The van der Waals surface area contributed by atoms with Crippen LogP contribution in [0.4, 0.5) is 5.82 Å². The first kappa shape index (κ1) is 15.2. The molecule has 108 valence electrons. The molecule has 0 saturated carbocycles. The van der Waals surface area contributed by atoms with Crippen molar-refractivity contribution >= 4 is 28.8 Å². The maximum atomic E-state index is 6.00. The second kappa shape index (κ2) is 6.97. The maximum absolute atomic E-state index is 6.00. The van der Waals surface area contributed by atoms with Crippen LogP contribution in [0.1, 0.15) is 35.6 Å². The van der Waals surface area contributed by atoms with Crippen LogP contribution in [0.2, 0.25) is 5.15 Å². The lowest BCUT2D eigenvalue weighted by Crippen LogP contribution is -2.10. The molecule has 1 unspecified atom stereocenters. The number of hydrogen-bond donors (Lipinski definition) is 1. The average molecular weight is 313 g/mol. The number of halogens is 1. The first-order valence-electron chi connectivity index (χ1n) is 6.38. The fourth-order valence-corrected chi connectivity index (χ4v) is 2.63. The van der Waals surface area contributed by atoms with Crippen LogP contribution in [0, 0.1) is 6.92 Å². The monoisotopic (exact) mass is 312 g/mol. The number of aromatic nitrogens is 3. The van der Waals surface area contributed by atoms with Crippen molar-refractivity contribution < 1.29 is 4.74 Å². The van der Waals surface area contributed by atoms with Gasteiger partial charge in [0.15, 0.2) is 5.82 Å². The fraction of sp³-hybridized carbons (Fsp3) is 0.462. The smallest absolute Gasteiger partial charge is 0.158 e. The Hall–Kier alpha value is -1.24. The Labute approximate surface area is 127 Å². The van der Waals surface area contributed by atoms with Crippen molar-refractivity contribution in [2.24, 2.45) is 0 Å². The highest BCUT2D eigenvalue weighted by Gasteiger charge is 2.11. The number of rotatable bonds is 6. The summed E-state index contributed by atoms with van der Waals surface area (Å²) in [5.74, 6) is 1.25. The van der Waals surface area contributed by atoms with Gasteiger partial charge in [-0.1, -0.05) is 11.6 Å². The van der Waals surface area contributed by atoms with Crippen molar-refractivity contribution in [1.82, 2.24) is 15.0 Å². The molecule has 0 spiro atoms. The number of nitrogens with one attached hydrogen (secondary N) is 1. The van der Waals surface area contributed by atoms with E-state index in [1.165, 1.54) is 4.88 Å². The highest BCUT2D eigenvalue weighted by atomic mass is 35.5. The molecule has 0 aliphatic rings. The molecule has 2 aromatic heterocycles. The topological polar surface area (TPSA) is 59.9 Å². The summed E-state index contributed by atoms with van der Waals surface area (Å²) in [6.45, 7) is 6.98. The number of aryl methyl sites for hydroxylation is 1. The van der Waals surface area contributed by atoms with Crippen LogP contribution in [-0.2, 0) is 11.3 Å². The quantitative estimate of drug-likeness (QED) is 0.826. The van der Waals surface area contributed by atoms with Gasteiger partial charge in [-0.15, -0.1) is 11.3 Å². The molecule has 2 rings (SSSR count). The van der Waals surface area contributed by atoms with Crippen LogP contribution >= 0.6 is 22.9 Å². The molecule has 0 amide bonds. The van der Waals surface area contributed by atoms with Crippen LogP contribution in [0.5, 0.6) is 0 Å². The van der Waals surface area contributed by atoms with E-state index in [0.717, 1.165) is 5.01 Å². The third-order valence-electron chi connectivity index (χ3n) is 2.55. The Balaban J connectivity index is 2.10. The van der Waals surface area contributed by atoms with Gasteiger partial charge in [-0.05, 0) is 20.8 Å². The first-order chi connectivity index (χ1) is 9.58. The van der Waals surface area contributed by atoms with Gasteiger partial charge in [-0.25, -0.2) is 15.0 Å². The first-order valence-corrected chi connectivity index (χ1v) is 7.58. The zero-order valence-corrected chi connectivity index (χ0v) is 13.3. The summed E-state index contributed by atoms with van der Waals surface area (Å²) in [6.07, 6.45) is 1.87. The van der Waals surface area contributed by atoms with Crippen LogP contribution < -0.4 is 5.32 Å². The summed E-state index contributed by atoms with van der Waals surface area (Å²) >= 11 is 7.67. The van der Waals surface area contributed by atoms with E-state index in [1.807, 2.05) is 27.0 Å². The summed E-state index contributed by atoms with van der Waals surface area (Å²) in [4.78, 5) is 14.1. The Morgan fingerprint density at radius 1 is 1.45 bits per heavy atom. The lowest BCUT2D eigenvalue weighted by molar-refractivity contribution is 0.128. The van der Waals surface area contributed by atoms with Gasteiger partial charge in [0, 0.05) is 23.7 Å². The van der Waals surface area contributed by atoms with E-state index in [1.54, 1.807) is 17.4 Å². The van der Waals surface area contributed by atoms with Gasteiger partial charge >= 0.3 is 0 Å². The third kappa shape index (κ3) is 4.13. The van der Waals surface area contributed by atoms with Gasteiger partial charge in [-0.2, -0.15) is 0 Å². The van der Waals surface area contributed by atoms with E-state index in [4.69, 9.17) is 16.3 Å². The van der Waals surface area contributed by atoms with Gasteiger partial charge in [0.1, 0.15) is 22.6 Å². The summed E-state index contributed by atoms with van der Waals surface area (Å²) in [5, 5.41) is 4.71. The molecule has 2 aromatic rings. The van der Waals surface area contributed by atoms with Gasteiger partial charge in [-0.3, -0.25) is 0 Å². The van der Waals surface area contributed by atoms with Crippen LogP contribution in [-0.4, -0.2) is 21.6 Å². The molecule has 0 aromatic carbocycles. The molecular formula is C13H17ClN4OS. The van der Waals surface area contributed by atoms with E-state index < -0.39 is 0 Å². The van der Waals surface area contributed by atoms with Gasteiger partial charge in [0.05, 0.1) is 6.04 Å². The zero-order valence-electron chi connectivity index (χ0n) is 11.7. The molecule has 1 atom stereocenters. The number of hydrogen-bond acceptors (Lipinski definition) is 6. The molecule has 7 heteroatoms. The van der Waals surface area contributed by atoms with Crippen LogP contribution in [0.25, 0.3) is 0 Å². The lowest BCUT2D eigenvalue weighted by atomic mass is 10.3. The molecule has 0 fully saturated rings. The molecule has 0 bridgehead atoms. The van der Waals surface area contributed by atoms with E-state index in [9.17, 15) is 0 Å². The second-order valence-electron chi connectivity index (χ2n) is 4.30.